The lowest BCUT2D eigenvalue weighted by Crippen LogP contribution is -2.30. The molecule has 0 aliphatic rings. The number of carbonyl (C=O) groups excluding carboxylic acids is 1. The molecule has 0 saturated carbocycles. The van der Waals surface area contributed by atoms with Crippen molar-refractivity contribution in [1.82, 2.24) is 4.89 Å². The van der Waals surface area contributed by atoms with Gasteiger partial charge in [-0.3, -0.25) is 0 Å². The summed E-state index contributed by atoms with van der Waals surface area (Å²) in [6.07, 6.45) is 3.13. The van der Waals surface area contributed by atoms with Crippen molar-refractivity contribution in [3.8, 4) is 0 Å². The van der Waals surface area contributed by atoms with Gasteiger partial charge in [-0.25, -0.2) is 13.2 Å². The number of hydrogen-bond donors (Lipinski definition) is 1. The predicted molar refractivity (Wildman–Crippen MR) is 82.3 cm³/mol. The van der Waals surface area contributed by atoms with Crippen molar-refractivity contribution in [2.45, 2.75) is 22.8 Å². The van der Waals surface area contributed by atoms with Crippen LogP contribution in [0, 0.1) is 0 Å². The smallest absolute Gasteiger partial charge is 0.338 e. The quantitative estimate of drug-likeness (QED) is 0.778. The highest BCUT2D eigenvalue weighted by molar-refractivity contribution is 7.99. The van der Waals surface area contributed by atoms with Gasteiger partial charge in [0.05, 0.1) is 17.4 Å². The third-order valence-electron chi connectivity index (χ3n) is 2.72. The van der Waals surface area contributed by atoms with Gasteiger partial charge < -0.3 is 9.25 Å². The van der Waals surface area contributed by atoms with Crippen molar-refractivity contribution in [2.75, 3.05) is 0 Å². The van der Waals surface area contributed by atoms with Crippen molar-refractivity contribution < 1.29 is 22.5 Å². The Morgan fingerprint density at radius 3 is 2.68 bits per heavy atom. The highest BCUT2D eigenvalue weighted by atomic mass is 32.2. The van der Waals surface area contributed by atoms with E-state index < -0.39 is 21.2 Å². The normalized spacial score (nSPS) is 12.8. The molecule has 1 atom stereocenters. The van der Waals surface area contributed by atoms with Crippen molar-refractivity contribution in [1.29, 1.82) is 0 Å². The van der Waals surface area contributed by atoms with Crippen molar-refractivity contribution >= 4 is 27.8 Å². The van der Waals surface area contributed by atoms with Crippen LogP contribution in [0.1, 0.15) is 12.5 Å². The average molecular weight is 341 g/mol. The summed E-state index contributed by atoms with van der Waals surface area (Å²) >= 11 is 1.32. The summed E-state index contributed by atoms with van der Waals surface area (Å²) in [6, 6.07) is 9.48. The van der Waals surface area contributed by atoms with Gasteiger partial charge >= 0.3 is 5.97 Å². The first kappa shape index (κ1) is 16.6. The maximum absolute atomic E-state index is 11.9. The fourth-order valence-corrected chi connectivity index (χ4v) is 3.09. The van der Waals surface area contributed by atoms with Crippen LogP contribution in [0.2, 0.25) is 0 Å². The Hall–Kier alpha value is -1.77. The van der Waals surface area contributed by atoms with E-state index in [9.17, 15) is 13.2 Å². The lowest BCUT2D eigenvalue weighted by Gasteiger charge is -2.11. The van der Waals surface area contributed by atoms with E-state index >= 15 is 0 Å². The molecule has 6 nitrogen and oxygen atoms in total. The number of thioether (sulfide) groups is 1. The maximum Gasteiger partial charge on any atom is 0.338 e. The molecule has 0 fully saturated rings. The van der Waals surface area contributed by atoms with Crippen LogP contribution in [0.4, 0.5) is 0 Å². The van der Waals surface area contributed by atoms with Gasteiger partial charge in [0.1, 0.15) is 5.25 Å². The molecule has 0 amide bonds. The molecule has 22 heavy (non-hydrogen) atoms. The molecule has 0 bridgehead atoms. The largest absolute Gasteiger partial charge is 0.472 e. The molecule has 1 aromatic heterocycles. The van der Waals surface area contributed by atoms with E-state index in [1.165, 1.54) is 23.9 Å². The molecular formula is C14H15NO5S2. The Labute approximate surface area is 132 Å². The van der Waals surface area contributed by atoms with E-state index in [-0.39, 0.29) is 4.90 Å². The molecule has 1 heterocycles. The molecule has 0 spiro atoms. The van der Waals surface area contributed by atoms with Gasteiger partial charge in [0.15, 0.2) is 0 Å². The molecule has 0 saturated heterocycles. The number of sulfonamides is 1. The Bertz CT molecular complexity index is 698. The Morgan fingerprint density at radius 2 is 2.05 bits per heavy atom. The van der Waals surface area contributed by atoms with E-state index in [1.807, 2.05) is 4.89 Å². The molecule has 1 unspecified atom stereocenters. The zero-order chi connectivity index (χ0) is 16.0. The lowest BCUT2D eigenvalue weighted by atomic mass is 10.4. The molecular weight excluding hydrogens is 326 g/mol. The molecule has 1 aromatic carbocycles. The molecule has 2 rings (SSSR count). The summed E-state index contributed by atoms with van der Waals surface area (Å²) < 4.78 is 28.7. The van der Waals surface area contributed by atoms with Gasteiger partial charge in [0, 0.05) is 11.3 Å². The van der Waals surface area contributed by atoms with Crippen LogP contribution in [0.25, 0.3) is 0 Å². The fourth-order valence-electron chi connectivity index (χ4n) is 1.49. The monoisotopic (exact) mass is 341 g/mol. The summed E-state index contributed by atoms with van der Waals surface area (Å²) in [4.78, 5) is 18.3. The second-order valence-corrected chi connectivity index (χ2v) is 7.38. The minimum Gasteiger partial charge on any atom is -0.472 e. The SMILES string of the molecule is CC(SCc1ccoc1)C(=O)ONS(=O)(=O)c1ccccc1. The van der Waals surface area contributed by atoms with Gasteiger partial charge in [0.25, 0.3) is 10.0 Å². The van der Waals surface area contributed by atoms with Crippen LogP contribution in [0.3, 0.4) is 0 Å². The zero-order valence-electron chi connectivity index (χ0n) is 11.8. The van der Waals surface area contributed by atoms with Crippen LogP contribution < -0.4 is 4.89 Å². The summed E-state index contributed by atoms with van der Waals surface area (Å²) in [5.41, 5.74) is 0.939. The molecule has 8 heteroatoms. The van der Waals surface area contributed by atoms with Gasteiger partial charge in [-0.15, -0.1) is 11.8 Å². The number of carbonyl (C=O) groups is 1. The van der Waals surface area contributed by atoms with E-state index in [2.05, 4.69) is 4.84 Å². The van der Waals surface area contributed by atoms with Crippen molar-refractivity contribution in [3.05, 3.63) is 54.5 Å². The standard InChI is InChI=1S/C14H15NO5S2/c1-11(21-10-12-7-8-19-9-12)14(16)20-15-22(17,18)13-5-3-2-4-6-13/h2-9,11,15H,10H2,1H3. The van der Waals surface area contributed by atoms with Gasteiger partial charge in [-0.05, 0) is 30.0 Å². The number of nitrogens with one attached hydrogen (secondary N) is 1. The Morgan fingerprint density at radius 1 is 1.32 bits per heavy atom. The highest BCUT2D eigenvalue weighted by Crippen LogP contribution is 2.19. The Kier molecular flexibility index (Phi) is 5.64. The predicted octanol–water partition coefficient (Wildman–Crippen LogP) is 2.34. The van der Waals surface area contributed by atoms with Crippen LogP contribution in [-0.2, 0) is 25.4 Å². The maximum atomic E-state index is 11.9. The van der Waals surface area contributed by atoms with Crippen LogP contribution in [-0.4, -0.2) is 19.6 Å². The Balaban J connectivity index is 1.84. The topological polar surface area (TPSA) is 85.6 Å². The van der Waals surface area contributed by atoms with Crippen LogP contribution >= 0.6 is 11.8 Å². The van der Waals surface area contributed by atoms with Crippen LogP contribution in [0.15, 0.2) is 58.2 Å². The van der Waals surface area contributed by atoms with E-state index in [0.717, 1.165) is 5.56 Å². The second-order valence-electron chi connectivity index (χ2n) is 4.41. The molecule has 0 radical (unpaired) electrons. The number of rotatable bonds is 7. The van der Waals surface area contributed by atoms with Crippen LogP contribution in [0.5, 0.6) is 0 Å². The fraction of sp³-hybridized carbons (Fsp3) is 0.214. The zero-order valence-corrected chi connectivity index (χ0v) is 13.4. The third kappa shape index (κ3) is 4.62. The number of hydrogen-bond acceptors (Lipinski definition) is 6. The molecule has 0 aliphatic carbocycles. The van der Waals surface area contributed by atoms with Gasteiger partial charge in [-0.1, -0.05) is 18.2 Å². The summed E-state index contributed by atoms with van der Waals surface area (Å²) in [5, 5.41) is -0.520. The second kappa shape index (κ2) is 7.48. The van der Waals surface area contributed by atoms with Crippen molar-refractivity contribution in [2.24, 2.45) is 0 Å². The lowest BCUT2D eigenvalue weighted by molar-refractivity contribution is -0.146. The summed E-state index contributed by atoms with van der Waals surface area (Å²) in [6.45, 7) is 1.64. The first-order valence-electron chi connectivity index (χ1n) is 6.39. The van der Waals surface area contributed by atoms with E-state index in [0.29, 0.717) is 5.75 Å². The first-order valence-corrected chi connectivity index (χ1v) is 8.92. The molecule has 2 aromatic rings. The highest BCUT2D eigenvalue weighted by Gasteiger charge is 2.20. The minimum atomic E-state index is -3.86. The summed E-state index contributed by atoms with van der Waals surface area (Å²) in [5.74, 6) is -0.0916. The average Bonchev–Trinajstić information content (AvgIpc) is 3.04. The third-order valence-corrected chi connectivity index (χ3v) is 5.11. The van der Waals surface area contributed by atoms with E-state index in [1.54, 1.807) is 43.7 Å². The minimum absolute atomic E-state index is 0.0292. The number of benzene rings is 1. The van der Waals surface area contributed by atoms with Crippen molar-refractivity contribution in [3.63, 3.8) is 0 Å². The first-order chi connectivity index (χ1) is 10.5. The molecule has 1 N–H and O–H groups in total. The van der Waals surface area contributed by atoms with E-state index in [4.69, 9.17) is 4.42 Å². The summed E-state index contributed by atoms with van der Waals surface area (Å²) in [7, 11) is -3.86. The number of furan rings is 1. The van der Waals surface area contributed by atoms with Gasteiger partial charge in [0.2, 0.25) is 0 Å². The molecule has 118 valence electrons. The molecule has 0 aliphatic heterocycles. The van der Waals surface area contributed by atoms with Gasteiger partial charge in [-0.2, -0.15) is 0 Å².